The van der Waals surface area contributed by atoms with Gasteiger partial charge in [0.05, 0.1) is 62.9 Å². The molecule has 1 saturated heterocycles. The first-order chi connectivity index (χ1) is 44.4. The van der Waals surface area contributed by atoms with E-state index in [0.29, 0.717) is 83.2 Å². The average molecular weight is 1470 g/mol. The highest BCUT2D eigenvalue weighted by atomic mass is 127. The number of furan rings is 2. The average Bonchev–Trinajstić information content (AvgIpc) is 1.62. The second kappa shape index (κ2) is 26.5. The van der Waals surface area contributed by atoms with Crippen LogP contribution < -0.4 is 24.7 Å². The molecule has 12 aromatic rings. The molecule has 490 valence electrons. The number of halogens is 6. The van der Waals surface area contributed by atoms with Gasteiger partial charge in [0.2, 0.25) is 20.0 Å². The SMILES string of the molecule is CNC(=O)c1c(-c2ccc(F)cc2)oc2cc(N(C)S(C)(=O)=O)c(-c3cc(-c4nc5c(F)cccc5[nH]4)ccn3)cc12.CNC(=O)c1c(-c2ccc(F)cc2)oc2cc(N(C)S(C)(=O)=O)c(B3OC(C)(C)C(C)(C)O3)cc12.Fc1cccc2[nH]c(-c3ccnc(Cl)c3)nc12.I. The van der Waals surface area contributed by atoms with E-state index in [1.165, 1.54) is 101 Å². The second-order valence-corrected chi connectivity index (χ2v) is 27.3. The van der Waals surface area contributed by atoms with Gasteiger partial charge in [-0.2, -0.15) is 0 Å². The summed E-state index contributed by atoms with van der Waals surface area (Å²) in [6.07, 6.45) is 5.27. The zero-order valence-electron chi connectivity index (χ0n) is 52.3. The van der Waals surface area contributed by atoms with Crippen LogP contribution in [0.15, 0.2) is 155 Å². The summed E-state index contributed by atoms with van der Waals surface area (Å²) >= 11 is 5.80. The van der Waals surface area contributed by atoms with Gasteiger partial charge >= 0.3 is 7.12 Å². The van der Waals surface area contributed by atoms with Gasteiger partial charge in [-0.05, 0) is 137 Å². The van der Waals surface area contributed by atoms with Crippen LogP contribution >= 0.6 is 35.6 Å². The molecule has 0 spiro atoms. The lowest BCUT2D eigenvalue weighted by Gasteiger charge is -2.32. The molecule has 13 rings (SSSR count). The Morgan fingerprint density at radius 1 is 0.568 bits per heavy atom. The van der Waals surface area contributed by atoms with Crippen molar-refractivity contribution in [3.05, 3.63) is 185 Å². The fourth-order valence-corrected chi connectivity index (χ4v) is 11.6. The van der Waals surface area contributed by atoms with E-state index in [1.807, 2.05) is 27.7 Å². The zero-order chi connectivity index (χ0) is 67.5. The second-order valence-electron chi connectivity index (χ2n) is 22.8. The lowest BCUT2D eigenvalue weighted by molar-refractivity contribution is 0.00578. The van der Waals surface area contributed by atoms with Crippen molar-refractivity contribution >= 4 is 135 Å². The molecule has 1 aliphatic rings. The Kier molecular flexibility index (Phi) is 19.2. The number of imidazole rings is 2. The maximum Gasteiger partial charge on any atom is 0.497 e. The summed E-state index contributed by atoms with van der Waals surface area (Å²) in [6, 6.07) is 33.7. The van der Waals surface area contributed by atoms with Crippen LogP contribution in [0, 0.1) is 23.3 Å². The number of pyridine rings is 2. The van der Waals surface area contributed by atoms with Crippen molar-refractivity contribution in [2.24, 2.45) is 0 Å². The van der Waals surface area contributed by atoms with E-state index in [9.17, 15) is 44.0 Å². The molecule has 29 heteroatoms. The zero-order valence-corrected chi connectivity index (χ0v) is 57.0. The molecule has 7 heterocycles. The number of anilines is 2. The maximum absolute atomic E-state index is 14.3. The number of nitrogens with zero attached hydrogens (tertiary/aromatic N) is 6. The maximum atomic E-state index is 14.3. The van der Waals surface area contributed by atoms with Crippen LogP contribution in [-0.4, -0.2) is 118 Å². The third-order valence-electron chi connectivity index (χ3n) is 16.2. The minimum absolute atomic E-state index is 0. The van der Waals surface area contributed by atoms with Crippen molar-refractivity contribution in [1.82, 2.24) is 40.5 Å². The molecule has 1 fully saturated rings. The highest BCUT2D eigenvalue weighted by Crippen LogP contribution is 2.43. The van der Waals surface area contributed by atoms with Crippen molar-refractivity contribution < 1.29 is 62.1 Å². The van der Waals surface area contributed by atoms with Gasteiger partial charge in [-0.3, -0.25) is 23.2 Å². The highest BCUT2D eigenvalue weighted by Gasteiger charge is 2.53. The van der Waals surface area contributed by atoms with Gasteiger partial charge in [-0.15, -0.1) is 24.0 Å². The van der Waals surface area contributed by atoms with E-state index in [2.05, 4.69) is 40.5 Å². The van der Waals surface area contributed by atoms with Crippen molar-refractivity contribution in [3.63, 3.8) is 0 Å². The van der Waals surface area contributed by atoms with Crippen molar-refractivity contribution in [2.75, 3.05) is 49.3 Å². The van der Waals surface area contributed by atoms with Crippen molar-refractivity contribution in [2.45, 2.75) is 38.9 Å². The third-order valence-corrected chi connectivity index (χ3v) is 18.8. The number of hydrogen-bond acceptors (Lipinski definition) is 14. The predicted molar refractivity (Wildman–Crippen MR) is 370 cm³/mol. The number of benzene rings is 6. The number of para-hydroxylation sites is 2. The number of fused-ring (bicyclic) bond motifs is 4. The predicted octanol–water partition coefficient (Wildman–Crippen LogP) is 13.1. The summed E-state index contributed by atoms with van der Waals surface area (Å²) in [5.74, 6) is -1.14. The van der Waals surface area contributed by atoms with E-state index in [0.717, 1.165) is 26.7 Å². The summed E-state index contributed by atoms with van der Waals surface area (Å²) in [6.45, 7) is 7.58. The Bertz CT molecular complexity index is 5190. The largest absolute Gasteiger partial charge is 0.497 e. The Morgan fingerprint density at radius 3 is 1.44 bits per heavy atom. The minimum atomic E-state index is -3.74. The summed E-state index contributed by atoms with van der Waals surface area (Å²) in [4.78, 5) is 49.2. The van der Waals surface area contributed by atoms with Crippen LogP contribution in [0.25, 0.3) is 101 Å². The number of rotatable bonds is 12. The molecule has 0 bridgehead atoms. The van der Waals surface area contributed by atoms with Crippen LogP contribution in [0.3, 0.4) is 0 Å². The fourth-order valence-electron chi connectivity index (χ4n) is 10.4. The van der Waals surface area contributed by atoms with Crippen LogP contribution in [0.5, 0.6) is 0 Å². The fraction of sp³-hybridized carbons (Fsp3) is 0.182. The molecule has 2 amide bonds. The summed E-state index contributed by atoms with van der Waals surface area (Å²) in [5, 5.41) is 6.45. The standard InChI is InChI=1S/C30H23F2N5O4S.C24H28BFN2O6S.C12H7ClFN3.HI/c1-33-30(38)26-20-14-19(23-13-17(11-12-34-23)29-35-22-6-4-5-21(32)27(22)36-29)24(37(2)42(3,39)40)15-25(20)41-28(26)16-7-9-18(31)10-8-16;1-23(2)24(3,4)34-25(33-23)17-12-16-19(13-18(17)28(6)35(7,30)31)32-21(20(16)22(29)27-5)14-8-10-15(26)11-9-14;13-10-6-7(4-5-15-10)12-16-9-3-1-2-8(14)11(9)17-12;/h4-15H,1-3H3,(H,33,38)(H,35,36);8-13H,1-7H3,(H,27,29);1-6H,(H,16,17);1H. The lowest BCUT2D eigenvalue weighted by atomic mass is 9.77. The molecule has 95 heavy (non-hydrogen) atoms. The third kappa shape index (κ3) is 13.7. The smallest absolute Gasteiger partial charge is 0.455 e. The summed E-state index contributed by atoms with van der Waals surface area (Å²) in [5.41, 5.74) is 5.34. The number of aromatic nitrogens is 6. The molecule has 20 nitrogen and oxygen atoms in total. The first kappa shape index (κ1) is 68.7. The Morgan fingerprint density at radius 2 is 1.00 bits per heavy atom. The van der Waals surface area contributed by atoms with Gasteiger partial charge in [0, 0.05) is 96.8 Å². The Hall–Kier alpha value is -9.20. The number of aromatic amines is 2. The highest BCUT2D eigenvalue weighted by molar-refractivity contribution is 14.0. The summed E-state index contributed by atoms with van der Waals surface area (Å²) in [7, 11) is -2.50. The van der Waals surface area contributed by atoms with E-state index in [4.69, 9.17) is 29.7 Å². The molecule has 0 unspecified atom stereocenters. The minimum Gasteiger partial charge on any atom is -0.455 e. The van der Waals surface area contributed by atoms with Gasteiger partial charge in [-0.25, -0.2) is 49.3 Å². The Labute approximate surface area is 564 Å². The number of nitrogens with one attached hydrogen (secondary N) is 4. The van der Waals surface area contributed by atoms with Crippen molar-refractivity contribution in [1.29, 1.82) is 0 Å². The van der Waals surface area contributed by atoms with Crippen LogP contribution in [0.2, 0.25) is 5.15 Å². The van der Waals surface area contributed by atoms with E-state index < -0.39 is 67.6 Å². The van der Waals surface area contributed by atoms with E-state index >= 15 is 0 Å². The number of sulfonamides is 2. The number of hydrogen-bond donors (Lipinski definition) is 4. The molecule has 0 aliphatic carbocycles. The normalized spacial score (nSPS) is 13.4. The number of carbonyl (C=O) groups is 2. The van der Waals surface area contributed by atoms with Crippen molar-refractivity contribution in [3.8, 4) is 56.7 Å². The van der Waals surface area contributed by atoms with Gasteiger partial charge in [-0.1, -0.05) is 23.7 Å². The molecule has 6 aromatic carbocycles. The number of H-pyrrole nitrogens is 2. The van der Waals surface area contributed by atoms with Crippen LogP contribution in [0.1, 0.15) is 48.4 Å². The molecular formula is C66H59BClF4IN10O10S2. The van der Waals surface area contributed by atoms with E-state index in [-0.39, 0.29) is 74.8 Å². The van der Waals surface area contributed by atoms with Gasteiger partial charge in [0.1, 0.15) is 62.2 Å². The molecular weight excluding hydrogens is 1410 g/mol. The van der Waals surface area contributed by atoms with Gasteiger partial charge in [0.15, 0.2) is 11.6 Å². The summed E-state index contributed by atoms with van der Waals surface area (Å²) < 4.78 is 132. The quantitative estimate of drug-likeness (QED) is 0.0384. The van der Waals surface area contributed by atoms with E-state index in [1.54, 1.807) is 72.9 Å². The lowest BCUT2D eigenvalue weighted by Crippen LogP contribution is -2.41. The first-order valence-corrected chi connectivity index (χ1v) is 32.8. The molecule has 0 saturated carbocycles. The molecule has 1 aliphatic heterocycles. The molecule has 0 radical (unpaired) electrons. The molecule has 0 atom stereocenters. The van der Waals surface area contributed by atoms with Gasteiger partial charge in [0.25, 0.3) is 11.8 Å². The van der Waals surface area contributed by atoms with Gasteiger partial charge < -0.3 is 38.7 Å². The molecule has 4 N–H and O–H groups in total. The topological polar surface area (TPSA) is 261 Å². The first-order valence-electron chi connectivity index (χ1n) is 28.7. The van der Waals surface area contributed by atoms with Crippen LogP contribution in [0.4, 0.5) is 28.9 Å². The molecule has 6 aromatic heterocycles. The number of carbonyl (C=O) groups excluding carboxylic acids is 2. The Balaban J connectivity index is 0.000000167. The number of amides is 2. The monoisotopic (exact) mass is 1460 g/mol. The van der Waals surface area contributed by atoms with Crippen LogP contribution in [-0.2, 0) is 29.4 Å².